The number of rotatable bonds is 5. The second-order valence-corrected chi connectivity index (χ2v) is 4.83. The van der Waals surface area contributed by atoms with Crippen LogP contribution in [0.15, 0.2) is 18.2 Å². The summed E-state index contributed by atoms with van der Waals surface area (Å²) in [5, 5.41) is 6.84. The Bertz CT molecular complexity index is 416. The Balaban J connectivity index is 2.02. The molecule has 0 radical (unpaired) electrons. The van der Waals surface area contributed by atoms with Crippen LogP contribution >= 0.6 is 11.6 Å². The van der Waals surface area contributed by atoms with Crippen LogP contribution < -0.4 is 10.6 Å². The van der Waals surface area contributed by atoms with Crippen LogP contribution in [0.1, 0.15) is 26.2 Å². The molecule has 1 aliphatic carbocycles. The maximum atomic E-state index is 11.3. The fourth-order valence-corrected chi connectivity index (χ4v) is 1.75. The Morgan fingerprint density at radius 1 is 1.47 bits per heavy atom. The van der Waals surface area contributed by atoms with Crippen LogP contribution in [0.5, 0.6) is 0 Å². The molecular weight excluding hydrogens is 236 g/mol. The number of hydrogen-bond donors (Lipinski definition) is 2. The monoisotopic (exact) mass is 252 g/mol. The summed E-state index contributed by atoms with van der Waals surface area (Å²) in [5.74, 6) is 0.806. The molecule has 1 fully saturated rings. The van der Waals surface area contributed by atoms with Crippen LogP contribution in [-0.4, -0.2) is 12.5 Å². The molecule has 0 saturated heterocycles. The van der Waals surface area contributed by atoms with Gasteiger partial charge in [-0.2, -0.15) is 0 Å². The van der Waals surface area contributed by atoms with E-state index in [2.05, 4.69) is 10.6 Å². The first kappa shape index (κ1) is 12.2. The number of halogens is 1. The molecule has 0 unspecified atom stereocenters. The molecule has 2 rings (SSSR count). The highest BCUT2D eigenvalue weighted by Crippen LogP contribution is 2.31. The number of amides is 1. The summed E-state index contributed by atoms with van der Waals surface area (Å²) in [6, 6.07) is 5.51. The van der Waals surface area contributed by atoms with E-state index in [1.807, 2.05) is 25.1 Å². The van der Waals surface area contributed by atoms with Crippen LogP contribution in [0.3, 0.4) is 0 Å². The van der Waals surface area contributed by atoms with E-state index in [-0.39, 0.29) is 5.91 Å². The van der Waals surface area contributed by atoms with Crippen LogP contribution in [-0.2, 0) is 4.79 Å². The lowest BCUT2D eigenvalue weighted by Crippen LogP contribution is -2.10. The van der Waals surface area contributed by atoms with E-state index in [0.29, 0.717) is 11.4 Å². The molecular formula is C13H17ClN2O. The number of carbonyl (C=O) groups is 1. The summed E-state index contributed by atoms with van der Waals surface area (Å²) in [5.41, 5.74) is 1.69. The summed E-state index contributed by atoms with van der Waals surface area (Å²) < 4.78 is 0. The molecule has 0 aromatic heterocycles. The van der Waals surface area contributed by atoms with Gasteiger partial charge >= 0.3 is 0 Å². The van der Waals surface area contributed by atoms with Crippen LogP contribution in [0.25, 0.3) is 0 Å². The van der Waals surface area contributed by atoms with Crippen molar-refractivity contribution in [2.75, 3.05) is 17.2 Å². The molecule has 0 heterocycles. The molecule has 92 valence electrons. The van der Waals surface area contributed by atoms with E-state index < -0.39 is 0 Å². The molecule has 1 aromatic rings. The van der Waals surface area contributed by atoms with Crippen molar-refractivity contribution in [3.63, 3.8) is 0 Å². The molecule has 1 aliphatic rings. The van der Waals surface area contributed by atoms with Crippen LogP contribution in [0.4, 0.5) is 11.4 Å². The largest absolute Gasteiger partial charge is 0.384 e. The molecule has 0 aliphatic heterocycles. The number of anilines is 2. The van der Waals surface area contributed by atoms with Gasteiger partial charge in [0.2, 0.25) is 5.91 Å². The van der Waals surface area contributed by atoms with E-state index in [0.717, 1.165) is 23.8 Å². The molecule has 17 heavy (non-hydrogen) atoms. The number of carbonyl (C=O) groups excluding carboxylic acids is 1. The highest BCUT2D eigenvalue weighted by molar-refractivity contribution is 6.33. The molecule has 0 bridgehead atoms. The van der Waals surface area contributed by atoms with Crippen molar-refractivity contribution >= 4 is 28.9 Å². The molecule has 1 aromatic carbocycles. The van der Waals surface area contributed by atoms with Gasteiger partial charge in [0.1, 0.15) is 0 Å². The number of hydrogen-bond acceptors (Lipinski definition) is 2. The van der Waals surface area contributed by atoms with E-state index in [1.165, 1.54) is 12.8 Å². The molecule has 0 atom stereocenters. The van der Waals surface area contributed by atoms with Gasteiger partial charge in [-0.05, 0) is 37.0 Å². The highest BCUT2D eigenvalue weighted by Gasteiger charge is 2.20. The first-order valence-corrected chi connectivity index (χ1v) is 6.40. The normalized spacial score (nSPS) is 14.5. The molecule has 4 heteroatoms. The van der Waals surface area contributed by atoms with Gasteiger partial charge in [-0.15, -0.1) is 0 Å². The van der Waals surface area contributed by atoms with Crippen molar-refractivity contribution in [2.45, 2.75) is 26.2 Å². The minimum atomic E-state index is 0.0143. The average Bonchev–Trinajstić information content (AvgIpc) is 3.13. The van der Waals surface area contributed by atoms with E-state index >= 15 is 0 Å². The maximum absolute atomic E-state index is 11.3. The van der Waals surface area contributed by atoms with Gasteiger partial charge in [0.05, 0.1) is 10.7 Å². The molecule has 1 saturated carbocycles. The highest BCUT2D eigenvalue weighted by atomic mass is 35.5. The van der Waals surface area contributed by atoms with Crippen molar-refractivity contribution < 1.29 is 4.79 Å². The van der Waals surface area contributed by atoms with Gasteiger partial charge in [-0.25, -0.2) is 0 Å². The Labute approximate surface area is 107 Å². The van der Waals surface area contributed by atoms with E-state index in [1.54, 1.807) is 0 Å². The van der Waals surface area contributed by atoms with Gasteiger partial charge in [0, 0.05) is 18.7 Å². The Morgan fingerprint density at radius 2 is 2.24 bits per heavy atom. The fourth-order valence-electron chi connectivity index (χ4n) is 1.56. The zero-order valence-electron chi connectivity index (χ0n) is 9.92. The van der Waals surface area contributed by atoms with E-state index in [4.69, 9.17) is 11.6 Å². The first-order chi connectivity index (χ1) is 8.19. The quantitative estimate of drug-likeness (QED) is 0.842. The predicted octanol–water partition coefficient (Wildman–Crippen LogP) is 3.51. The Kier molecular flexibility index (Phi) is 3.89. The van der Waals surface area contributed by atoms with Crippen LogP contribution in [0, 0.1) is 5.92 Å². The molecule has 0 spiro atoms. The summed E-state index contributed by atoms with van der Waals surface area (Å²) in [6.45, 7) is 2.79. The third-order valence-corrected chi connectivity index (χ3v) is 3.18. The average molecular weight is 253 g/mol. The van der Waals surface area contributed by atoms with Crippen molar-refractivity contribution in [1.29, 1.82) is 0 Å². The second-order valence-electron chi connectivity index (χ2n) is 4.42. The minimum Gasteiger partial charge on any atom is -0.384 e. The lowest BCUT2D eigenvalue weighted by Gasteiger charge is -2.10. The molecule has 1 amide bonds. The molecule has 2 N–H and O–H groups in total. The fraction of sp³-hybridized carbons (Fsp3) is 0.462. The van der Waals surface area contributed by atoms with Gasteiger partial charge in [-0.1, -0.05) is 18.5 Å². The minimum absolute atomic E-state index is 0.0143. The van der Waals surface area contributed by atoms with Crippen molar-refractivity contribution in [3.05, 3.63) is 23.2 Å². The summed E-state index contributed by atoms with van der Waals surface area (Å²) >= 11 is 6.10. The van der Waals surface area contributed by atoms with E-state index in [9.17, 15) is 4.79 Å². The topological polar surface area (TPSA) is 41.1 Å². The van der Waals surface area contributed by atoms with Crippen molar-refractivity contribution in [2.24, 2.45) is 5.92 Å². The smallest absolute Gasteiger partial charge is 0.224 e. The molecule has 3 nitrogen and oxygen atoms in total. The lowest BCUT2D eigenvalue weighted by molar-refractivity contribution is -0.115. The number of benzene rings is 1. The third-order valence-electron chi connectivity index (χ3n) is 2.85. The van der Waals surface area contributed by atoms with Gasteiger partial charge in [0.25, 0.3) is 0 Å². The maximum Gasteiger partial charge on any atom is 0.224 e. The van der Waals surface area contributed by atoms with Crippen molar-refractivity contribution in [3.8, 4) is 0 Å². The van der Waals surface area contributed by atoms with Gasteiger partial charge in [0.15, 0.2) is 0 Å². The zero-order chi connectivity index (χ0) is 12.3. The summed E-state index contributed by atoms with van der Waals surface area (Å²) in [7, 11) is 0. The Hall–Kier alpha value is -1.22. The zero-order valence-corrected chi connectivity index (χ0v) is 10.7. The first-order valence-electron chi connectivity index (χ1n) is 6.02. The van der Waals surface area contributed by atoms with Gasteiger partial charge < -0.3 is 10.6 Å². The van der Waals surface area contributed by atoms with Crippen molar-refractivity contribution in [1.82, 2.24) is 0 Å². The number of nitrogens with one attached hydrogen (secondary N) is 2. The predicted molar refractivity (Wildman–Crippen MR) is 71.6 cm³/mol. The SMILES string of the molecule is CCC(=O)Nc1ccc(Cl)c(NCC2CC2)c1. The second kappa shape index (κ2) is 5.41. The van der Waals surface area contributed by atoms with Gasteiger partial charge in [-0.3, -0.25) is 4.79 Å². The van der Waals surface area contributed by atoms with Crippen LogP contribution in [0.2, 0.25) is 5.02 Å². The Morgan fingerprint density at radius 3 is 2.88 bits per heavy atom. The summed E-state index contributed by atoms with van der Waals surface area (Å²) in [6.07, 6.45) is 3.08. The third kappa shape index (κ3) is 3.63. The summed E-state index contributed by atoms with van der Waals surface area (Å²) in [4.78, 5) is 11.3. The lowest BCUT2D eigenvalue weighted by atomic mass is 10.2. The standard InChI is InChI=1S/C13H17ClN2O/c1-2-13(17)16-10-5-6-11(14)12(7-10)15-8-9-3-4-9/h5-7,9,15H,2-4,8H2,1H3,(H,16,17).